The maximum absolute atomic E-state index is 12.1. The summed E-state index contributed by atoms with van der Waals surface area (Å²) in [5.41, 5.74) is 0.739. The number of esters is 1. The highest BCUT2D eigenvalue weighted by Gasteiger charge is 2.20. The summed E-state index contributed by atoms with van der Waals surface area (Å²) in [5.74, 6) is -0.551. The molecule has 0 aliphatic rings. The van der Waals surface area contributed by atoms with E-state index in [0.29, 0.717) is 18.7 Å². The molecule has 0 atom stereocenters. The summed E-state index contributed by atoms with van der Waals surface area (Å²) in [4.78, 5) is 33.1. The van der Waals surface area contributed by atoms with Crippen molar-refractivity contribution in [2.45, 2.75) is 52.7 Å². The van der Waals surface area contributed by atoms with Gasteiger partial charge in [-0.3, -0.25) is 0 Å². The maximum Gasteiger partial charge on any atom is 0.434 e. The maximum atomic E-state index is 12.1. The van der Waals surface area contributed by atoms with Crippen molar-refractivity contribution in [2.24, 2.45) is 10.1 Å². The molecule has 1 aromatic carbocycles. The van der Waals surface area contributed by atoms with E-state index in [1.54, 1.807) is 27.7 Å². The molecule has 0 fully saturated rings. The number of hydrogen-bond acceptors (Lipinski definition) is 6. The largest absolute Gasteiger partial charge is 0.462 e. The molecular weight excluding hydrogens is 384 g/mol. The first kappa shape index (κ1) is 23.6. The number of halogens is 1. The average molecular weight is 411 g/mol. The molecule has 0 N–H and O–H groups in total. The number of rotatable bonds is 9. The van der Waals surface area contributed by atoms with Crippen LogP contribution in [0.2, 0.25) is 0 Å². The Hall–Kier alpha value is -2.41. The van der Waals surface area contributed by atoms with Crippen LogP contribution in [0.3, 0.4) is 0 Å². The van der Waals surface area contributed by atoms with Gasteiger partial charge in [-0.05, 0) is 39.7 Å². The molecule has 0 aliphatic carbocycles. The second-order valence-corrected chi connectivity index (χ2v) is 7.08. The Kier molecular flexibility index (Phi) is 10.2. The zero-order valence-corrected chi connectivity index (χ0v) is 17.5. The van der Waals surface area contributed by atoms with Gasteiger partial charge >= 0.3 is 12.1 Å². The molecule has 8 heteroatoms. The Morgan fingerprint density at radius 1 is 1.11 bits per heavy atom. The number of aliphatic imine (C=N–C) groups is 1. The number of ether oxygens (including phenoxy) is 2. The molecule has 154 valence electrons. The third-order valence-corrected chi connectivity index (χ3v) is 3.51. The fourth-order valence-corrected chi connectivity index (χ4v) is 2.17. The molecule has 28 heavy (non-hydrogen) atoms. The lowest BCUT2D eigenvalue weighted by atomic mass is 10.1. The highest BCUT2D eigenvalue weighted by Crippen LogP contribution is 2.10. The van der Waals surface area contributed by atoms with Crippen LogP contribution in [0.1, 0.15) is 46.1 Å². The number of oxime groups is 1. The molecule has 0 unspecified atom stereocenters. The fraction of sp³-hybridized carbons (Fsp3) is 0.500. The number of carbonyl (C=O) groups is 2. The van der Waals surface area contributed by atoms with E-state index in [1.807, 2.05) is 30.3 Å². The molecule has 0 radical (unpaired) electrons. The smallest absolute Gasteiger partial charge is 0.434 e. The molecule has 1 amide bonds. The van der Waals surface area contributed by atoms with Crippen LogP contribution in [0.5, 0.6) is 0 Å². The number of carbonyl (C=O) groups excluding carboxylic acids is 2. The Morgan fingerprint density at radius 3 is 2.36 bits per heavy atom. The molecule has 7 nitrogen and oxygen atoms in total. The highest BCUT2D eigenvalue weighted by molar-refractivity contribution is 6.38. The quantitative estimate of drug-likeness (QED) is 0.258. The number of alkyl halides is 1. The van der Waals surface area contributed by atoms with Crippen LogP contribution in [0.15, 0.2) is 40.5 Å². The van der Waals surface area contributed by atoms with Gasteiger partial charge in [0.2, 0.25) is 0 Å². The van der Waals surface area contributed by atoms with E-state index in [9.17, 15) is 9.59 Å². The van der Waals surface area contributed by atoms with Crippen LogP contribution in [-0.2, 0) is 25.7 Å². The van der Waals surface area contributed by atoms with Gasteiger partial charge in [-0.2, -0.15) is 4.99 Å². The SMILES string of the molecule is CCOC(=O)/C(CC/C(CCl)=N/OCc1ccccc1)=N\C(=O)OC(C)(C)C. The zero-order valence-electron chi connectivity index (χ0n) is 16.7. The van der Waals surface area contributed by atoms with E-state index >= 15 is 0 Å². The van der Waals surface area contributed by atoms with E-state index in [4.69, 9.17) is 25.9 Å². The van der Waals surface area contributed by atoms with Crippen molar-refractivity contribution >= 4 is 35.1 Å². The molecule has 0 aromatic heterocycles. The van der Waals surface area contributed by atoms with Crippen LogP contribution >= 0.6 is 11.6 Å². The molecule has 1 rings (SSSR count). The molecule has 0 bridgehead atoms. The predicted molar refractivity (Wildman–Crippen MR) is 109 cm³/mol. The zero-order chi connectivity index (χ0) is 21.0. The van der Waals surface area contributed by atoms with Crippen molar-refractivity contribution in [1.82, 2.24) is 0 Å². The highest BCUT2D eigenvalue weighted by atomic mass is 35.5. The summed E-state index contributed by atoms with van der Waals surface area (Å²) in [6, 6.07) is 9.57. The van der Waals surface area contributed by atoms with Crippen LogP contribution in [-0.4, -0.2) is 41.6 Å². The van der Waals surface area contributed by atoms with Gasteiger partial charge in [0.25, 0.3) is 0 Å². The van der Waals surface area contributed by atoms with Gasteiger partial charge in [-0.1, -0.05) is 35.5 Å². The van der Waals surface area contributed by atoms with Crippen molar-refractivity contribution in [3.05, 3.63) is 35.9 Å². The third kappa shape index (κ3) is 10.1. The second kappa shape index (κ2) is 12.1. The summed E-state index contributed by atoms with van der Waals surface area (Å²) >= 11 is 5.91. The Labute approximate surface area is 170 Å². The normalized spacial score (nSPS) is 12.5. The van der Waals surface area contributed by atoms with Gasteiger partial charge in [0.15, 0.2) is 0 Å². The molecule has 0 spiro atoms. The van der Waals surface area contributed by atoms with Gasteiger partial charge in [0, 0.05) is 6.42 Å². The van der Waals surface area contributed by atoms with Gasteiger partial charge in [0.1, 0.15) is 17.9 Å². The molecule has 0 saturated carbocycles. The molecule has 1 aromatic rings. The first-order chi connectivity index (χ1) is 13.2. The summed E-state index contributed by atoms with van der Waals surface area (Å²) in [7, 11) is 0. The third-order valence-electron chi connectivity index (χ3n) is 3.20. The van der Waals surface area contributed by atoms with E-state index in [-0.39, 0.29) is 24.6 Å². The minimum Gasteiger partial charge on any atom is -0.462 e. The van der Waals surface area contributed by atoms with E-state index in [1.165, 1.54) is 0 Å². The topological polar surface area (TPSA) is 86.5 Å². The van der Waals surface area contributed by atoms with Gasteiger partial charge < -0.3 is 14.3 Å². The van der Waals surface area contributed by atoms with Crippen molar-refractivity contribution in [3.8, 4) is 0 Å². The van der Waals surface area contributed by atoms with Crippen molar-refractivity contribution in [3.63, 3.8) is 0 Å². The van der Waals surface area contributed by atoms with Gasteiger partial charge in [-0.25, -0.2) is 9.59 Å². The lowest BCUT2D eigenvalue weighted by molar-refractivity contribution is -0.135. The van der Waals surface area contributed by atoms with E-state index in [2.05, 4.69) is 10.1 Å². The van der Waals surface area contributed by atoms with E-state index < -0.39 is 17.7 Å². The Bertz CT molecular complexity index is 696. The lowest BCUT2D eigenvalue weighted by Crippen LogP contribution is -2.25. The monoisotopic (exact) mass is 410 g/mol. The van der Waals surface area contributed by atoms with Crippen molar-refractivity contribution in [1.29, 1.82) is 0 Å². The minimum atomic E-state index is -0.847. The van der Waals surface area contributed by atoms with Crippen molar-refractivity contribution < 1.29 is 23.9 Å². The number of nitrogens with zero attached hydrogens (tertiary/aromatic N) is 2. The van der Waals surface area contributed by atoms with Gasteiger partial charge in [0.05, 0.1) is 18.2 Å². The van der Waals surface area contributed by atoms with Crippen LogP contribution in [0.4, 0.5) is 4.79 Å². The first-order valence-corrected chi connectivity index (χ1v) is 9.54. The Morgan fingerprint density at radius 2 is 1.79 bits per heavy atom. The number of hydrogen-bond donors (Lipinski definition) is 0. The lowest BCUT2D eigenvalue weighted by Gasteiger charge is -2.17. The first-order valence-electron chi connectivity index (χ1n) is 9.00. The Balaban J connectivity index is 2.73. The average Bonchev–Trinajstić information content (AvgIpc) is 2.62. The molecular formula is C20H27ClN2O5. The summed E-state index contributed by atoms with van der Waals surface area (Å²) in [6.07, 6.45) is -0.433. The second-order valence-electron chi connectivity index (χ2n) is 6.81. The van der Waals surface area contributed by atoms with Crippen LogP contribution in [0.25, 0.3) is 0 Å². The van der Waals surface area contributed by atoms with E-state index in [0.717, 1.165) is 5.56 Å². The van der Waals surface area contributed by atoms with Gasteiger partial charge in [-0.15, -0.1) is 11.6 Å². The predicted octanol–water partition coefficient (Wildman–Crippen LogP) is 4.52. The van der Waals surface area contributed by atoms with Crippen molar-refractivity contribution in [2.75, 3.05) is 12.5 Å². The standard InChI is InChI=1S/C20H27ClN2O5/c1-5-26-18(24)17(22-19(25)28-20(2,3)4)12-11-16(13-21)23-27-14-15-9-7-6-8-10-15/h6-10H,5,11-14H2,1-4H3/b22-17-,23-16-. The molecule has 0 heterocycles. The molecule has 0 saturated heterocycles. The minimum absolute atomic E-state index is 0.0445. The fourth-order valence-electron chi connectivity index (χ4n) is 1.98. The number of amides is 1. The number of benzene rings is 1. The summed E-state index contributed by atoms with van der Waals surface area (Å²) < 4.78 is 10.1. The van der Waals surface area contributed by atoms with Crippen LogP contribution in [0, 0.1) is 0 Å². The summed E-state index contributed by atoms with van der Waals surface area (Å²) in [5, 5.41) is 4.01. The van der Waals surface area contributed by atoms with Crippen LogP contribution < -0.4 is 0 Å². The summed E-state index contributed by atoms with van der Waals surface area (Å²) in [6.45, 7) is 7.29. The molecule has 0 aliphatic heterocycles.